The monoisotopic (exact) mass is 300 g/mol. The number of nitrogens with one attached hydrogen (secondary N) is 1. The summed E-state index contributed by atoms with van der Waals surface area (Å²) in [5.74, 6) is -0.114. The SMILES string of the molecule is CC(C(=O)NCC1(C(O)c2ccccc2)CC1)n1cncn1. The molecule has 0 bridgehead atoms. The van der Waals surface area contributed by atoms with E-state index in [1.54, 1.807) is 6.92 Å². The van der Waals surface area contributed by atoms with Gasteiger partial charge >= 0.3 is 0 Å². The second-order valence-electron chi connectivity index (χ2n) is 5.94. The molecule has 2 aromatic rings. The highest BCUT2D eigenvalue weighted by atomic mass is 16.3. The van der Waals surface area contributed by atoms with Crippen LogP contribution in [0.15, 0.2) is 43.0 Å². The van der Waals surface area contributed by atoms with Gasteiger partial charge in [0.1, 0.15) is 18.7 Å². The molecule has 1 aromatic carbocycles. The van der Waals surface area contributed by atoms with E-state index in [0.29, 0.717) is 6.54 Å². The molecule has 1 fully saturated rings. The summed E-state index contributed by atoms with van der Waals surface area (Å²) < 4.78 is 1.52. The molecular weight excluding hydrogens is 280 g/mol. The molecule has 22 heavy (non-hydrogen) atoms. The summed E-state index contributed by atoms with van der Waals surface area (Å²) in [5, 5.41) is 17.5. The Bertz CT molecular complexity index is 623. The van der Waals surface area contributed by atoms with Crippen molar-refractivity contribution in [3.05, 3.63) is 48.5 Å². The van der Waals surface area contributed by atoms with Crippen molar-refractivity contribution >= 4 is 5.91 Å². The minimum Gasteiger partial charge on any atom is -0.388 e. The van der Waals surface area contributed by atoms with Crippen LogP contribution in [0.2, 0.25) is 0 Å². The fourth-order valence-corrected chi connectivity index (χ4v) is 2.64. The Morgan fingerprint density at radius 2 is 2.14 bits per heavy atom. The number of hydrogen-bond acceptors (Lipinski definition) is 4. The Balaban J connectivity index is 1.60. The normalized spacial score (nSPS) is 18.5. The highest BCUT2D eigenvalue weighted by molar-refractivity contribution is 5.79. The largest absolute Gasteiger partial charge is 0.388 e. The van der Waals surface area contributed by atoms with Gasteiger partial charge in [0, 0.05) is 12.0 Å². The quantitative estimate of drug-likeness (QED) is 0.846. The molecule has 6 nitrogen and oxygen atoms in total. The van der Waals surface area contributed by atoms with Gasteiger partial charge in [0.05, 0.1) is 6.10 Å². The van der Waals surface area contributed by atoms with Crippen LogP contribution >= 0.6 is 0 Å². The van der Waals surface area contributed by atoms with Crippen LogP contribution in [0.4, 0.5) is 0 Å². The van der Waals surface area contributed by atoms with Crippen molar-refractivity contribution in [2.75, 3.05) is 6.54 Å². The van der Waals surface area contributed by atoms with Crippen molar-refractivity contribution in [2.24, 2.45) is 5.41 Å². The molecule has 1 aliphatic rings. The highest BCUT2D eigenvalue weighted by Crippen LogP contribution is 2.54. The van der Waals surface area contributed by atoms with Gasteiger partial charge in [-0.25, -0.2) is 9.67 Å². The van der Waals surface area contributed by atoms with E-state index >= 15 is 0 Å². The zero-order valence-corrected chi connectivity index (χ0v) is 12.5. The third-order valence-electron chi connectivity index (χ3n) is 4.42. The van der Waals surface area contributed by atoms with Crippen LogP contribution in [0.25, 0.3) is 0 Å². The van der Waals surface area contributed by atoms with E-state index < -0.39 is 12.1 Å². The van der Waals surface area contributed by atoms with Gasteiger partial charge in [-0.05, 0) is 25.3 Å². The number of rotatable bonds is 6. The maximum absolute atomic E-state index is 12.2. The van der Waals surface area contributed by atoms with Gasteiger partial charge in [-0.3, -0.25) is 4.79 Å². The molecule has 6 heteroatoms. The molecule has 0 spiro atoms. The molecule has 2 N–H and O–H groups in total. The van der Waals surface area contributed by atoms with E-state index in [4.69, 9.17) is 0 Å². The van der Waals surface area contributed by atoms with Gasteiger partial charge in [-0.1, -0.05) is 30.3 Å². The number of aliphatic hydroxyl groups excluding tert-OH is 1. The molecule has 0 radical (unpaired) electrons. The highest BCUT2D eigenvalue weighted by Gasteiger charge is 2.49. The van der Waals surface area contributed by atoms with E-state index in [1.165, 1.54) is 17.3 Å². The van der Waals surface area contributed by atoms with Crippen LogP contribution in [0.5, 0.6) is 0 Å². The number of carbonyl (C=O) groups is 1. The predicted molar refractivity (Wildman–Crippen MR) is 80.8 cm³/mol. The van der Waals surface area contributed by atoms with Crippen LogP contribution in [-0.2, 0) is 4.79 Å². The lowest BCUT2D eigenvalue weighted by atomic mass is 9.92. The van der Waals surface area contributed by atoms with Crippen molar-refractivity contribution in [2.45, 2.75) is 31.9 Å². The molecule has 1 heterocycles. The fourth-order valence-electron chi connectivity index (χ4n) is 2.64. The first-order valence-corrected chi connectivity index (χ1v) is 7.47. The van der Waals surface area contributed by atoms with Gasteiger partial charge in [0.25, 0.3) is 0 Å². The molecule has 2 unspecified atom stereocenters. The first kappa shape index (κ1) is 14.7. The number of amides is 1. The van der Waals surface area contributed by atoms with Crippen LogP contribution < -0.4 is 5.32 Å². The number of carbonyl (C=O) groups excluding carboxylic acids is 1. The number of aliphatic hydroxyl groups is 1. The van der Waals surface area contributed by atoms with Crippen molar-refractivity contribution < 1.29 is 9.90 Å². The zero-order chi connectivity index (χ0) is 15.6. The number of aromatic nitrogens is 3. The predicted octanol–water partition coefficient (Wildman–Crippen LogP) is 1.47. The first-order chi connectivity index (χ1) is 10.6. The molecule has 1 aromatic heterocycles. The Morgan fingerprint density at radius 1 is 1.41 bits per heavy atom. The maximum atomic E-state index is 12.2. The molecule has 1 saturated carbocycles. The summed E-state index contributed by atoms with van der Waals surface area (Å²) in [4.78, 5) is 16.0. The molecule has 0 saturated heterocycles. The van der Waals surface area contributed by atoms with Gasteiger partial charge in [-0.15, -0.1) is 0 Å². The fraction of sp³-hybridized carbons (Fsp3) is 0.438. The summed E-state index contributed by atoms with van der Waals surface area (Å²) in [6.07, 6.45) is 4.22. The minimum absolute atomic E-state index is 0.114. The van der Waals surface area contributed by atoms with Crippen LogP contribution in [0, 0.1) is 5.41 Å². The van der Waals surface area contributed by atoms with Gasteiger partial charge in [-0.2, -0.15) is 5.10 Å². The lowest BCUT2D eigenvalue weighted by Gasteiger charge is -2.24. The second kappa shape index (κ2) is 5.88. The first-order valence-electron chi connectivity index (χ1n) is 7.47. The average Bonchev–Trinajstić information content (AvgIpc) is 3.15. The van der Waals surface area contributed by atoms with Crippen LogP contribution in [0.3, 0.4) is 0 Å². The van der Waals surface area contributed by atoms with Crippen molar-refractivity contribution in [1.82, 2.24) is 20.1 Å². The molecule has 1 aliphatic carbocycles. The van der Waals surface area contributed by atoms with Gasteiger partial charge in [0.2, 0.25) is 5.91 Å². The summed E-state index contributed by atoms with van der Waals surface area (Å²) in [6, 6.07) is 9.19. The third-order valence-corrected chi connectivity index (χ3v) is 4.42. The van der Waals surface area contributed by atoms with E-state index in [-0.39, 0.29) is 11.3 Å². The Kier molecular flexibility index (Phi) is 3.94. The molecule has 1 amide bonds. The number of benzene rings is 1. The minimum atomic E-state index is -0.546. The molecule has 116 valence electrons. The molecule has 0 aliphatic heterocycles. The van der Waals surface area contributed by atoms with E-state index in [2.05, 4.69) is 15.4 Å². The zero-order valence-electron chi connectivity index (χ0n) is 12.5. The summed E-state index contributed by atoms with van der Waals surface area (Å²) in [7, 11) is 0. The lowest BCUT2D eigenvalue weighted by molar-refractivity contribution is -0.124. The van der Waals surface area contributed by atoms with Crippen LogP contribution in [0.1, 0.15) is 37.5 Å². The van der Waals surface area contributed by atoms with E-state index in [9.17, 15) is 9.90 Å². The summed E-state index contributed by atoms with van der Waals surface area (Å²) >= 11 is 0. The van der Waals surface area contributed by atoms with Gasteiger partial charge < -0.3 is 10.4 Å². The standard InChI is InChI=1S/C16H20N4O2/c1-12(20-11-17-10-19-20)15(22)18-9-16(7-8-16)14(21)13-5-3-2-4-6-13/h2-6,10-12,14,21H,7-9H2,1H3,(H,18,22). The third kappa shape index (κ3) is 2.87. The van der Waals surface area contributed by atoms with Crippen molar-refractivity contribution in [3.63, 3.8) is 0 Å². The van der Waals surface area contributed by atoms with Gasteiger partial charge in [0.15, 0.2) is 0 Å². The van der Waals surface area contributed by atoms with E-state index in [0.717, 1.165) is 18.4 Å². The Morgan fingerprint density at radius 3 is 2.73 bits per heavy atom. The lowest BCUT2D eigenvalue weighted by Crippen LogP contribution is -2.37. The molecular formula is C16H20N4O2. The van der Waals surface area contributed by atoms with Crippen LogP contribution in [-0.4, -0.2) is 32.3 Å². The Labute approximate surface area is 129 Å². The smallest absolute Gasteiger partial charge is 0.244 e. The second-order valence-corrected chi connectivity index (χ2v) is 5.94. The van der Waals surface area contributed by atoms with E-state index in [1.807, 2.05) is 30.3 Å². The van der Waals surface area contributed by atoms with Crippen molar-refractivity contribution in [3.8, 4) is 0 Å². The number of hydrogen-bond donors (Lipinski definition) is 2. The molecule has 2 atom stereocenters. The molecule has 3 rings (SSSR count). The topological polar surface area (TPSA) is 80.0 Å². The maximum Gasteiger partial charge on any atom is 0.244 e. The average molecular weight is 300 g/mol. The summed E-state index contributed by atoms with van der Waals surface area (Å²) in [6.45, 7) is 2.25. The number of nitrogens with zero attached hydrogens (tertiary/aromatic N) is 3. The van der Waals surface area contributed by atoms with Crippen molar-refractivity contribution in [1.29, 1.82) is 0 Å². The summed E-state index contributed by atoms with van der Waals surface area (Å²) in [5.41, 5.74) is 0.664. The Hall–Kier alpha value is -2.21.